The van der Waals surface area contributed by atoms with Crippen LogP contribution in [0.4, 0.5) is 5.69 Å². The van der Waals surface area contributed by atoms with Crippen molar-refractivity contribution < 1.29 is 5.11 Å². The summed E-state index contributed by atoms with van der Waals surface area (Å²) in [7, 11) is 2.14. The average Bonchev–Trinajstić information content (AvgIpc) is 2.32. The largest absolute Gasteiger partial charge is 0.388 e. The predicted octanol–water partition coefficient (Wildman–Crippen LogP) is 3.37. The third-order valence-electron chi connectivity index (χ3n) is 3.85. The minimum Gasteiger partial charge on any atom is -0.388 e. The predicted molar refractivity (Wildman–Crippen MR) is 72.3 cm³/mol. The summed E-state index contributed by atoms with van der Waals surface area (Å²) in [6.07, 6.45) is 4.55. The van der Waals surface area contributed by atoms with Crippen LogP contribution in [0.25, 0.3) is 0 Å². The van der Waals surface area contributed by atoms with Gasteiger partial charge in [-0.2, -0.15) is 0 Å². The maximum absolute atomic E-state index is 10.0. The molecule has 1 N–H and O–H groups in total. The lowest BCUT2D eigenvalue weighted by molar-refractivity contribution is 0.174. The lowest BCUT2D eigenvalue weighted by Crippen LogP contribution is -2.30. The minimum atomic E-state index is -0.338. The summed E-state index contributed by atoms with van der Waals surface area (Å²) in [5.74, 6) is 0.854. The van der Waals surface area contributed by atoms with Gasteiger partial charge in [0.2, 0.25) is 0 Å². The molecule has 17 heavy (non-hydrogen) atoms. The van der Waals surface area contributed by atoms with Gasteiger partial charge in [-0.1, -0.05) is 31.5 Å². The van der Waals surface area contributed by atoms with E-state index in [1.165, 1.54) is 24.9 Å². The molecule has 0 amide bonds. The summed E-state index contributed by atoms with van der Waals surface area (Å²) in [4.78, 5) is 2.30. The number of hydrogen-bond donors (Lipinski definition) is 1. The first kappa shape index (κ1) is 12.4. The van der Waals surface area contributed by atoms with Crippen LogP contribution in [-0.4, -0.2) is 18.7 Å². The highest BCUT2D eigenvalue weighted by Crippen LogP contribution is 2.31. The standard InChI is InChI=1S/C15H23NO/c1-3-15(17)13-9-4-5-10-14(13)16(2)11-12-7-6-8-12/h4-5,9-10,12,15,17H,3,6-8,11H2,1-2H3. The van der Waals surface area contributed by atoms with Gasteiger partial charge in [-0.3, -0.25) is 0 Å². The summed E-state index contributed by atoms with van der Waals surface area (Å²) >= 11 is 0. The Kier molecular flexibility index (Phi) is 4.06. The lowest BCUT2D eigenvalue weighted by Gasteiger charge is -2.32. The topological polar surface area (TPSA) is 23.5 Å². The van der Waals surface area contributed by atoms with Crippen molar-refractivity contribution in [1.82, 2.24) is 0 Å². The molecule has 1 saturated carbocycles. The molecule has 1 aromatic rings. The molecular weight excluding hydrogens is 210 g/mol. The van der Waals surface area contributed by atoms with E-state index in [1.54, 1.807) is 0 Å². The smallest absolute Gasteiger partial charge is 0.0807 e. The van der Waals surface area contributed by atoms with E-state index in [2.05, 4.69) is 24.1 Å². The molecule has 0 bridgehead atoms. The second-order valence-corrected chi connectivity index (χ2v) is 5.16. The van der Waals surface area contributed by atoms with Crippen molar-refractivity contribution >= 4 is 5.69 Å². The Hall–Kier alpha value is -1.02. The molecule has 2 nitrogen and oxygen atoms in total. The van der Waals surface area contributed by atoms with Crippen LogP contribution in [0.5, 0.6) is 0 Å². The van der Waals surface area contributed by atoms with Crippen molar-refractivity contribution in [3.8, 4) is 0 Å². The minimum absolute atomic E-state index is 0.338. The fourth-order valence-corrected chi connectivity index (χ4v) is 2.50. The molecule has 1 aliphatic carbocycles. The molecule has 0 aromatic heterocycles. The first-order valence-corrected chi connectivity index (χ1v) is 6.70. The molecule has 0 heterocycles. The number of benzene rings is 1. The highest BCUT2D eigenvalue weighted by Gasteiger charge is 2.21. The molecule has 0 radical (unpaired) electrons. The van der Waals surface area contributed by atoms with Crippen LogP contribution in [0.15, 0.2) is 24.3 Å². The van der Waals surface area contributed by atoms with Gasteiger partial charge in [0.15, 0.2) is 0 Å². The van der Waals surface area contributed by atoms with Gasteiger partial charge in [0, 0.05) is 24.8 Å². The SMILES string of the molecule is CCC(O)c1ccccc1N(C)CC1CCC1. The lowest BCUT2D eigenvalue weighted by atomic mass is 9.85. The van der Waals surface area contributed by atoms with E-state index >= 15 is 0 Å². The highest BCUT2D eigenvalue weighted by molar-refractivity contribution is 5.54. The second-order valence-electron chi connectivity index (χ2n) is 5.16. The number of para-hydroxylation sites is 1. The molecule has 0 aliphatic heterocycles. The molecule has 1 atom stereocenters. The van der Waals surface area contributed by atoms with Crippen LogP contribution in [0.3, 0.4) is 0 Å². The van der Waals surface area contributed by atoms with E-state index in [9.17, 15) is 5.11 Å². The summed E-state index contributed by atoms with van der Waals surface area (Å²) in [6, 6.07) is 8.22. The van der Waals surface area contributed by atoms with Crippen molar-refractivity contribution in [3.63, 3.8) is 0 Å². The summed E-state index contributed by atoms with van der Waals surface area (Å²) < 4.78 is 0. The third-order valence-corrected chi connectivity index (χ3v) is 3.85. The monoisotopic (exact) mass is 233 g/mol. The van der Waals surface area contributed by atoms with Crippen LogP contribution in [0, 0.1) is 5.92 Å². The molecule has 1 unspecified atom stereocenters. The number of aliphatic hydroxyl groups excluding tert-OH is 1. The maximum Gasteiger partial charge on any atom is 0.0807 e. The molecule has 1 fully saturated rings. The van der Waals surface area contributed by atoms with Crippen molar-refractivity contribution in [3.05, 3.63) is 29.8 Å². The van der Waals surface area contributed by atoms with Crippen LogP contribution >= 0.6 is 0 Å². The fourth-order valence-electron chi connectivity index (χ4n) is 2.50. The fraction of sp³-hybridized carbons (Fsp3) is 0.600. The average molecular weight is 233 g/mol. The van der Waals surface area contributed by atoms with Crippen molar-refractivity contribution in [2.75, 3.05) is 18.5 Å². The van der Waals surface area contributed by atoms with E-state index in [-0.39, 0.29) is 6.10 Å². The second kappa shape index (κ2) is 5.54. The number of hydrogen-bond acceptors (Lipinski definition) is 2. The van der Waals surface area contributed by atoms with Crippen LogP contribution in [-0.2, 0) is 0 Å². The van der Waals surface area contributed by atoms with Crippen molar-refractivity contribution in [1.29, 1.82) is 0 Å². The first-order valence-electron chi connectivity index (χ1n) is 6.70. The molecule has 1 aromatic carbocycles. The van der Waals surface area contributed by atoms with Gasteiger partial charge in [0.1, 0.15) is 0 Å². The maximum atomic E-state index is 10.0. The zero-order valence-corrected chi connectivity index (χ0v) is 10.9. The van der Waals surface area contributed by atoms with E-state index < -0.39 is 0 Å². The summed E-state index contributed by atoms with van der Waals surface area (Å²) in [5.41, 5.74) is 2.26. The van der Waals surface area contributed by atoms with Gasteiger partial charge >= 0.3 is 0 Å². The van der Waals surface area contributed by atoms with Crippen LogP contribution in [0.1, 0.15) is 44.3 Å². The van der Waals surface area contributed by atoms with Crippen molar-refractivity contribution in [2.24, 2.45) is 5.92 Å². The zero-order chi connectivity index (χ0) is 12.3. The van der Waals surface area contributed by atoms with Gasteiger partial charge in [-0.15, -0.1) is 0 Å². The van der Waals surface area contributed by atoms with Gasteiger partial charge in [-0.05, 0) is 31.2 Å². The number of rotatable bonds is 5. The first-order chi connectivity index (χ1) is 8.22. The molecule has 0 saturated heterocycles. The zero-order valence-electron chi connectivity index (χ0n) is 10.9. The molecule has 0 spiro atoms. The number of aliphatic hydroxyl groups is 1. The Labute approximate surface area is 104 Å². The molecular formula is C15H23NO. The Bertz CT molecular complexity index is 360. The van der Waals surface area contributed by atoms with Gasteiger partial charge in [0.05, 0.1) is 6.10 Å². The van der Waals surface area contributed by atoms with E-state index in [0.717, 1.165) is 24.4 Å². The highest BCUT2D eigenvalue weighted by atomic mass is 16.3. The normalized spacial score (nSPS) is 17.6. The van der Waals surface area contributed by atoms with Gasteiger partial charge in [0.25, 0.3) is 0 Å². The van der Waals surface area contributed by atoms with Crippen LogP contribution in [0.2, 0.25) is 0 Å². The number of nitrogens with zero attached hydrogens (tertiary/aromatic N) is 1. The van der Waals surface area contributed by atoms with Crippen molar-refractivity contribution in [2.45, 2.75) is 38.7 Å². The van der Waals surface area contributed by atoms with Gasteiger partial charge in [-0.25, -0.2) is 0 Å². The quantitative estimate of drug-likeness (QED) is 0.843. The van der Waals surface area contributed by atoms with E-state index in [1.807, 2.05) is 19.1 Å². The Morgan fingerprint density at radius 3 is 2.65 bits per heavy atom. The van der Waals surface area contributed by atoms with Gasteiger partial charge < -0.3 is 10.0 Å². The molecule has 1 aliphatic rings. The molecule has 2 heteroatoms. The molecule has 2 rings (SSSR count). The number of anilines is 1. The Morgan fingerprint density at radius 1 is 1.35 bits per heavy atom. The summed E-state index contributed by atoms with van der Waals surface area (Å²) in [6.45, 7) is 3.14. The Morgan fingerprint density at radius 2 is 2.06 bits per heavy atom. The van der Waals surface area contributed by atoms with E-state index in [4.69, 9.17) is 0 Å². The summed E-state index contributed by atoms with van der Waals surface area (Å²) in [5, 5.41) is 10.0. The Balaban J connectivity index is 2.12. The third kappa shape index (κ3) is 2.81. The van der Waals surface area contributed by atoms with Crippen LogP contribution < -0.4 is 4.90 Å². The van der Waals surface area contributed by atoms with E-state index in [0.29, 0.717) is 0 Å². The molecule has 94 valence electrons.